The van der Waals surface area contributed by atoms with Crippen molar-refractivity contribution in [2.75, 3.05) is 0 Å². The van der Waals surface area contributed by atoms with Crippen molar-refractivity contribution in [3.05, 3.63) is 77.5 Å². The monoisotopic (exact) mass is 388 g/mol. The highest BCUT2D eigenvalue weighted by Gasteiger charge is 2.18. The molecule has 0 radical (unpaired) electrons. The number of hydrogen-bond acceptors (Lipinski definition) is 4. The quantitative estimate of drug-likeness (QED) is 0.472. The van der Waals surface area contributed by atoms with Gasteiger partial charge in [-0.15, -0.1) is 0 Å². The standard InChI is InChI=1S/C24H24N2O3/c1-15-8-10-18(11-9-15)21-14-25-23(28-21)13-12-22(27)26-17(3)24-16(2)19-6-4-5-7-20(19)29-24/h4-11,14,17H,12-13H2,1-3H3,(H,26,27). The van der Waals surface area contributed by atoms with E-state index >= 15 is 0 Å². The van der Waals surface area contributed by atoms with Gasteiger partial charge in [0.2, 0.25) is 5.91 Å². The third-order valence-electron chi connectivity index (χ3n) is 5.11. The molecule has 4 rings (SSSR count). The summed E-state index contributed by atoms with van der Waals surface area (Å²) in [5, 5.41) is 4.09. The highest BCUT2D eigenvalue weighted by molar-refractivity contribution is 5.82. The number of carbonyl (C=O) groups excluding carboxylic acids is 1. The van der Waals surface area contributed by atoms with Crippen LogP contribution in [0.1, 0.15) is 42.2 Å². The molecule has 0 aliphatic carbocycles. The third-order valence-corrected chi connectivity index (χ3v) is 5.11. The smallest absolute Gasteiger partial charge is 0.221 e. The van der Waals surface area contributed by atoms with E-state index in [1.807, 2.05) is 69.3 Å². The molecule has 0 fully saturated rings. The Morgan fingerprint density at radius 3 is 2.59 bits per heavy atom. The molecule has 0 aliphatic rings. The number of furan rings is 1. The zero-order valence-electron chi connectivity index (χ0n) is 16.9. The number of amides is 1. The van der Waals surface area contributed by atoms with Crippen molar-refractivity contribution in [3.8, 4) is 11.3 Å². The second kappa shape index (κ2) is 7.95. The van der Waals surface area contributed by atoms with Crippen molar-refractivity contribution in [2.45, 2.75) is 39.7 Å². The molecule has 2 aromatic heterocycles. The molecular formula is C24H24N2O3. The van der Waals surface area contributed by atoms with Crippen LogP contribution in [0.5, 0.6) is 0 Å². The van der Waals surface area contributed by atoms with Gasteiger partial charge in [0.1, 0.15) is 11.3 Å². The average Bonchev–Trinajstić information content (AvgIpc) is 3.32. The van der Waals surface area contributed by atoms with Crippen molar-refractivity contribution in [2.24, 2.45) is 0 Å². The molecule has 5 heteroatoms. The van der Waals surface area contributed by atoms with E-state index in [9.17, 15) is 4.79 Å². The summed E-state index contributed by atoms with van der Waals surface area (Å²) in [4.78, 5) is 16.7. The summed E-state index contributed by atoms with van der Waals surface area (Å²) < 4.78 is 11.7. The van der Waals surface area contributed by atoms with Crippen molar-refractivity contribution in [1.82, 2.24) is 10.3 Å². The molecule has 4 aromatic rings. The SMILES string of the molecule is Cc1ccc(-c2cnc(CCC(=O)NC(C)c3oc4ccccc4c3C)o2)cc1. The molecule has 0 aliphatic heterocycles. The third kappa shape index (κ3) is 4.09. The van der Waals surface area contributed by atoms with Gasteiger partial charge in [0.15, 0.2) is 11.7 Å². The minimum atomic E-state index is -0.206. The minimum absolute atomic E-state index is 0.0626. The van der Waals surface area contributed by atoms with E-state index in [0.29, 0.717) is 24.5 Å². The predicted molar refractivity (Wildman–Crippen MR) is 113 cm³/mol. The van der Waals surface area contributed by atoms with Gasteiger partial charge >= 0.3 is 0 Å². The summed E-state index contributed by atoms with van der Waals surface area (Å²) in [6, 6.07) is 15.8. The fraction of sp³-hybridized carbons (Fsp3) is 0.250. The number of oxazole rings is 1. The van der Waals surface area contributed by atoms with Crippen LogP contribution in [-0.2, 0) is 11.2 Å². The zero-order chi connectivity index (χ0) is 20.4. The van der Waals surface area contributed by atoms with Crippen LogP contribution in [-0.4, -0.2) is 10.9 Å². The maximum Gasteiger partial charge on any atom is 0.221 e. The number of hydrogen-bond donors (Lipinski definition) is 1. The fourth-order valence-electron chi connectivity index (χ4n) is 3.48. The molecule has 2 heterocycles. The van der Waals surface area contributed by atoms with Gasteiger partial charge in [-0.05, 0) is 26.8 Å². The van der Waals surface area contributed by atoms with Crippen LogP contribution in [0.3, 0.4) is 0 Å². The lowest BCUT2D eigenvalue weighted by molar-refractivity contribution is -0.121. The minimum Gasteiger partial charge on any atom is -0.459 e. The summed E-state index contributed by atoms with van der Waals surface area (Å²) in [5.41, 5.74) is 4.07. The van der Waals surface area contributed by atoms with Crippen LogP contribution in [0, 0.1) is 13.8 Å². The van der Waals surface area contributed by atoms with Crippen LogP contribution < -0.4 is 5.32 Å². The molecule has 0 saturated heterocycles. The lowest BCUT2D eigenvalue weighted by Gasteiger charge is -2.12. The molecule has 148 valence electrons. The van der Waals surface area contributed by atoms with E-state index in [1.54, 1.807) is 6.20 Å². The van der Waals surface area contributed by atoms with E-state index in [-0.39, 0.29) is 11.9 Å². The molecule has 1 amide bonds. The van der Waals surface area contributed by atoms with Crippen molar-refractivity contribution >= 4 is 16.9 Å². The van der Waals surface area contributed by atoms with Crippen molar-refractivity contribution < 1.29 is 13.6 Å². The maximum atomic E-state index is 12.4. The highest BCUT2D eigenvalue weighted by Crippen LogP contribution is 2.29. The van der Waals surface area contributed by atoms with Gasteiger partial charge in [-0.2, -0.15) is 0 Å². The summed E-state index contributed by atoms with van der Waals surface area (Å²) in [6.07, 6.45) is 2.46. The normalized spacial score (nSPS) is 12.2. The van der Waals surface area contributed by atoms with E-state index in [1.165, 1.54) is 5.56 Å². The molecular weight excluding hydrogens is 364 g/mol. The number of fused-ring (bicyclic) bond motifs is 1. The van der Waals surface area contributed by atoms with Crippen LogP contribution in [0.4, 0.5) is 0 Å². The fourth-order valence-corrected chi connectivity index (χ4v) is 3.48. The van der Waals surface area contributed by atoms with Crippen LogP contribution >= 0.6 is 0 Å². The van der Waals surface area contributed by atoms with Gasteiger partial charge in [0.05, 0.1) is 12.2 Å². The van der Waals surface area contributed by atoms with Gasteiger partial charge in [-0.1, -0.05) is 48.0 Å². The second-order valence-corrected chi connectivity index (χ2v) is 7.36. The maximum absolute atomic E-state index is 12.4. The Morgan fingerprint density at radius 1 is 1.07 bits per heavy atom. The van der Waals surface area contributed by atoms with Gasteiger partial charge in [-0.3, -0.25) is 4.79 Å². The lowest BCUT2D eigenvalue weighted by atomic mass is 10.1. The lowest BCUT2D eigenvalue weighted by Crippen LogP contribution is -2.27. The number of rotatable bonds is 6. The molecule has 0 saturated carbocycles. The van der Waals surface area contributed by atoms with E-state index < -0.39 is 0 Å². The molecule has 0 bridgehead atoms. The molecule has 1 N–H and O–H groups in total. The van der Waals surface area contributed by atoms with Gasteiger partial charge in [0, 0.05) is 29.4 Å². The second-order valence-electron chi connectivity index (χ2n) is 7.36. The Balaban J connectivity index is 1.36. The number of para-hydroxylation sites is 1. The predicted octanol–water partition coefficient (Wildman–Crippen LogP) is 5.51. The zero-order valence-corrected chi connectivity index (χ0v) is 16.9. The van der Waals surface area contributed by atoms with E-state index in [0.717, 1.165) is 27.9 Å². The molecule has 1 atom stereocenters. The van der Waals surface area contributed by atoms with Gasteiger partial charge in [0.25, 0.3) is 0 Å². The Labute approximate surface area is 169 Å². The molecule has 29 heavy (non-hydrogen) atoms. The Morgan fingerprint density at radius 2 is 1.83 bits per heavy atom. The summed E-state index contributed by atoms with van der Waals surface area (Å²) in [7, 11) is 0. The summed E-state index contributed by atoms with van der Waals surface area (Å²) in [5.74, 6) is 2.00. The van der Waals surface area contributed by atoms with E-state index in [4.69, 9.17) is 8.83 Å². The number of aromatic nitrogens is 1. The van der Waals surface area contributed by atoms with Crippen molar-refractivity contribution in [1.29, 1.82) is 0 Å². The molecule has 1 unspecified atom stereocenters. The summed E-state index contributed by atoms with van der Waals surface area (Å²) >= 11 is 0. The number of carbonyl (C=O) groups is 1. The first-order valence-electron chi connectivity index (χ1n) is 9.80. The average molecular weight is 388 g/mol. The first-order valence-corrected chi connectivity index (χ1v) is 9.80. The highest BCUT2D eigenvalue weighted by atomic mass is 16.4. The number of benzene rings is 2. The Kier molecular flexibility index (Phi) is 5.21. The molecule has 2 aromatic carbocycles. The number of aryl methyl sites for hydroxylation is 3. The largest absolute Gasteiger partial charge is 0.459 e. The molecule has 0 spiro atoms. The number of nitrogens with one attached hydrogen (secondary N) is 1. The Hall–Kier alpha value is -3.34. The summed E-state index contributed by atoms with van der Waals surface area (Å²) in [6.45, 7) is 5.99. The van der Waals surface area contributed by atoms with Gasteiger partial charge < -0.3 is 14.2 Å². The van der Waals surface area contributed by atoms with E-state index in [2.05, 4.69) is 10.3 Å². The van der Waals surface area contributed by atoms with Crippen LogP contribution in [0.2, 0.25) is 0 Å². The van der Waals surface area contributed by atoms with Gasteiger partial charge in [-0.25, -0.2) is 4.98 Å². The number of nitrogens with zero attached hydrogens (tertiary/aromatic N) is 1. The van der Waals surface area contributed by atoms with Crippen molar-refractivity contribution in [3.63, 3.8) is 0 Å². The van der Waals surface area contributed by atoms with Crippen LogP contribution in [0.25, 0.3) is 22.3 Å². The first kappa shape index (κ1) is 19.0. The topological polar surface area (TPSA) is 68.3 Å². The first-order chi connectivity index (χ1) is 14.0. The Bertz CT molecular complexity index is 1140. The molecule has 5 nitrogen and oxygen atoms in total. The van der Waals surface area contributed by atoms with Crippen LogP contribution in [0.15, 0.2) is 63.6 Å².